The molecule has 0 N–H and O–H groups in total. The molecule has 5 aromatic rings. The average Bonchev–Trinajstić information content (AvgIpc) is 2.65. The van der Waals surface area contributed by atoms with E-state index in [1.807, 2.05) is 42.5 Å². The minimum absolute atomic E-state index is 0.185. The van der Waals surface area contributed by atoms with Crippen molar-refractivity contribution in [1.29, 1.82) is 0 Å². The quantitative estimate of drug-likeness (QED) is 0.248. The van der Waals surface area contributed by atoms with Gasteiger partial charge in [0.25, 0.3) is 5.56 Å². The summed E-state index contributed by atoms with van der Waals surface area (Å²) in [4.78, 5) is 29.9. The average molecular weight is 328 g/mol. The summed E-state index contributed by atoms with van der Waals surface area (Å²) < 4.78 is 6.95. The van der Waals surface area contributed by atoms with Gasteiger partial charge in [0.15, 0.2) is 0 Å². The van der Waals surface area contributed by atoms with E-state index in [0.717, 1.165) is 16.3 Å². The van der Waals surface area contributed by atoms with E-state index in [4.69, 9.17) is 9.40 Å². The highest BCUT2D eigenvalue weighted by Crippen LogP contribution is 2.26. The molecule has 5 rings (SSSR count). The topological polar surface area (TPSA) is 65.1 Å². The summed E-state index contributed by atoms with van der Waals surface area (Å²) in [7, 11) is 1.72. The summed E-state index contributed by atoms with van der Waals surface area (Å²) in [6, 6.07) is 16.5. The van der Waals surface area contributed by atoms with E-state index in [2.05, 4.69) is 0 Å². The number of rotatable bonds is 0. The zero-order valence-electron chi connectivity index (χ0n) is 13.3. The number of para-hydroxylation sites is 2. The van der Waals surface area contributed by atoms with Gasteiger partial charge >= 0.3 is 5.63 Å². The maximum Gasteiger partial charge on any atom is 0.345 e. The van der Waals surface area contributed by atoms with Crippen molar-refractivity contribution in [3.05, 3.63) is 75.4 Å². The second-order valence-electron chi connectivity index (χ2n) is 6.05. The van der Waals surface area contributed by atoms with Crippen LogP contribution in [0.15, 0.2) is 68.6 Å². The first kappa shape index (κ1) is 13.9. The molecule has 0 atom stereocenters. The van der Waals surface area contributed by atoms with Crippen molar-refractivity contribution in [2.24, 2.45) is 7.05 Å². The third-order valence-electron chi connectivity index (χ3n) is 4.64. The van der Waals surface area contributed by atoms with Crippen molar-refractivity contribution >= 4 is 43.7 Å². The number of hydrogen-bond donors (Lipinski definition) is 0. The summed E-state index contributed by atoms with van der Waals surface area (Å²) in [5.41, 5.74) is 1.77. The Kier molecular flexibility index (Phi) is 2.65. The van der Waals surface area contributed by atoms with Gasteiger partial charge in [0.05, 0.1) is 27.3 Å². The van der Waals surface area contributed by atoms with Crippen LogP contribution in [0.5, 0.6) is 0 Å². The third kappa shape index (κ3) is 1.80. The molecule has 0 aliphatic heterocycles. The van der Waals surface area contributed by atoms with Crippen molar-refractivity contribution < 1.29 is 4.42 Å². The van der Waals surface area contributed by atoms with Gasteiger partial charge in [-0.1, -0.05) is 30.3 Å². The molecule has 0 bridgehead atoms. The largest absolute Gasteiger partial charge is 0.422 e. The Morgan fingerprint density at radius 2 is 1.52 bits per heavy atom. The van der Waals surface area contributed by atoms with Crippen LogP contribution in [-0.2, 0) is 7.05 Å². The fourth-order valence-corrected chi connectivity index (χ4v) is 3.41. The first-order chi connectivity index (χ1) is 12.1. The van der Waals surface area contributed by atoms with Crippen LogP contribution < -0.4 is 11.2 Å². The number of pyridine rings is 2. The molecule has 5 heteroatoms. The van der Waals surface area contributed by atoms with Crippen LogP contribution in [0.3, 0.4) is 0 Å². The Bertz CT molecular complexity index is 1440. The van der Waals surface area contributed by atoms with Gasteiger partial charge in [-0.05, 0) is 24.3 Å². The minimum atomic E-state index is -0.488. The summed E-state index contributed by atoms with van der Waals surface area (Å²) in [6.45, 7) is 0. The van der Waals surface area contributed by atoms with E-state index in [1.165, 1.54) is 0 Å². The molecule has 2 aromatic carbocycles. The highest BCUT2D eigenvalue weighted by Gasteiger charge is 2.15. The maximum atomic E-state index is 12.8. The lowest BCUT2D eigenvalue weighted by atomic mass is 10.1. The smallest absolute Gasteiger partial charge is 0.345 e. The van der Waals surface area contributed by atoms with Crippen molar-refractivity contribution in [3.8, 4) is 0 Å². The number of nitrogens with zero attached hydrogens (tertiary/aromatic N) is 2. The molecule has 0 aliphatic carbocycles. The molecule has 0 fully saturated rings. The van der Waals surface area contributed by atoms with Gasteiger partial charge in [-0.2, -0.15) is 0 Å². The molecule has 120 valence electrons. The normalized spacial score (nSPS) is 11.7. The monoisotopic (exact) mass is 328 g/mol. The molecule has 0 saturated carbocycles. The molecule has 0 amide bonds. The predicted molar refractivity (Wildman–Crippen MR) is 98.0 cm³/mol. The van der Waals surface area contributed by atoms with Gasteiger partial charge < -0.3 is 8.98 Å². The van der Waals surface area contributed by atoms with E-state index in [1.54, 1.807) is 23.7 Å². The SMILES string of the molecule is Cn1c(=O)c2cc3c(=O)oc4ccccc4c3nc2c2ccccc21. The van der Waals surface area contributed by atoms with E-state index in [0.29, 0.717) is 27.4 Å². The van der Waals surface area contributed by atoms with E-state index in [-0.39, 0.29) is 5.56 Å². The van der Waals surface area contributed by atoms with Crippen molar-refractivity contribution in [1.82, 2.24) is 9.55 Å². The fourth-order valence-electron chi connectivity index (χ4n) is 3.41. The summed E-state index contributed by atoms with van der Waals surface area (Å²) >= 11 is 0. The predicted octanol–water partition coefficient (Wildman–Crippen LogP) is 3.35. The standard InChI is InChI=1S/C20H12N2O3/c1-22-15-8-4-2-6-11(15)17-13(19(22)23)10-14-18(21-17)12-7-3-5-9-16(12)25-20(14)24/h2-10H,1H3. The van der Waals surface area contributed by atoms with Crippen LogP contribution in [0.1, 0.15) is 0 Å². The van der Waals surface area contributed by atoms with Crippen molar-refractivity contribution in [2.75, 3.05) is 0 Å². The Labute approximate surface area is 140 Å². The van der Waals surface area contributed by atoms with Crippen LogP contribution in [0, 0.1) is 0 Å². The number of hydrogen-bond acceptors (Lipinski definition) is 4. The van der Waals surface area contributed by atoms with Gasteiger partial charge in [-0.3, -0.25) is 4.79 Å². The first-order valence-electron chi connectivity index (χ1n) is 7.89. The molecule has 0 radical (unpaired) electrons. The first-order valence-corrected chi connectivity index (χ1v) is 7.89. The second-order valence-corrected chi connectivity index (χ2v) is 6.05. The molecule has 3 aromatic heterocycles. The van der Waals surface area contributed by atoms with E-state index < -0.39 is 5.63 Å². The Morgan fingerprint density at radius 3 is 2.36 bits per heavy atom. The Morgan fingerprint density at radius 1 is 0.840 bits per heavy atom. The summed E-state index contributed by atoms with van der Waals surface area (Å²) in [5, 5.41) is 2.36. The molecule has 3 heterocycles. The van der Waals surface area contributed by atoms with Crippen LogP contribution in [0.2, 0.25) is 0 Å². The van der Waals surface area contributed by atoms with Gasteiger partial charge in [-0.15, -0.1) is 0 Å². The number of aryl methyl sites for hydroxylation is 1. The minimum Gasteiger partial charge on any atom is -0.422 e. The lowest BCUT2D eigenvalue weighted by Gasteiger charge is -2.09. The molecule has 0 saturated heterocycles. The highest BCUT2D eigenvalue weighted by molar-refractivity contribution is 6.11. The van der Waals surface area contributed by atoms with Gasteiger partial charge in [0, 0.05) is 17.8 Å². The second kappa shape index (κ2) is 4.77. The molecule has 0 aliphatic rings. The maximum absolute atomic E-state index is 12.8. The lowest BCUT2D eigenvalue weighted by molar-refractivity contribution is 0.569. The number of aromatic nitrogens is 2. The lowest BCUT2D eigenvalue weighted by Crippen LogP contribution is -2.18. The van der Waals surface area contributed by atoms with Gasteiger partial charge in [0.1, 0.15) is 5.58 Å². The molecule has 0 spiro atoms. The van der Waals surface area contributed by atoms with Crippen LogP contribution in [-0.4, -0.2) is 9.55 Å². The summed E-state index contributed by atoms with van der Waals surface area (Å²) in [6.07, 6.45) is 0. The van der Waals surface area contributed by atoms with Gasteiger partial charge in [-0.25, -0.2) is 9.78 Å². The zero-order valence-corrected chi connectivity index (χ0v) is 13.3. The van der Waals surface area contributed by atoms with E-state index >= 15 is 0 Å². The van der Waals surface area contributed by atoms with Crippen LogP contribution in [0.4, 0.5) is 0 Å². The molecular weight excluding hydrogens is 316 g/mol. The Balaban J connectivity index is 2.15. The molecule has 25 heavy (non-hydrogen) atoms. The fraction of sp³-hybridized carbons (Fsp3) is 0.0500. The van der Waals surface area contributed by atoms with Crippen LogP contribution in [0.25, 0.3) is 43.7 Å². The van der Waals surface area contributed by atoms with Crippen molar-refractivity contribution in [2.45, 2.75) is 0 Å². The number of benzene rings is 2. The molecular formula is C20H12N2O3. The zero-order chi connectivity index (χ0) is 17.1. The summed E-state index contributed by atoms with van der Waals surface area (Å²) in [5.74, 6) is 0. The number of fused-ring (bicyclic) bond motifs is 6. The Hall–Kier alpha value is -3.47. The van der Waals surface area contributed by atoms with Crippen molar-refractivity contribution in [3.63, 3.8) is 0 Å². The van der Waals surface area contributed by atoms with E-state index in [9.17, 15) is 9.59 Å². The van der Waals surface area contributed by atoms with Gasteiger partial charge in [0.2, 0.25) is 0 Å². The van der Waals surface area contributed by atoms with Crippen LogP contribution >= 0.6 is 0 Å². The highest BCUT2D eigenvalue weighted by atomic mass is 16.4. The molecule has 5 nitrogen and oxygen atoms in total. The molecule has 0 unspecified atom stereocenters. The third-order valence-corrected chi connectivity index (χ3v) is 4.64.